The molecule has 2 aromatic rings. The van der Waals surface area contributed by atoms with Gasteiger partial charge in [-0.1, -0.05) is 24.3 Å². The molecule has 1 N–H and O–H groups in total. The molecule has 23 heavy (non-hydrogen) atoms. The van der Waals surface area contributed by atoms with Crippen molar-refractivity contribution in [3.8, 4) is 6.07 Å². The Hall–Kier alpha value is -2.80. The Morgan fingerprint density at radius 3 is 2.65 bits per heavy atom. The smallest absolute Gasteiger partial charge is 0.224 e. The van der Waals surface area contributed by atoms with Gasteiger partial charge in [-0.05, 0) is 43.2 Å². The van der Waals surface area contributed by atoms with E-state index in [1.165, 1.54) is 0 Å². The molecule has 1 heterocycles. The highest BCUT2D eigenvalue weighted by Gasteiger charge is 2.32. The van der Waals surface area contributed by atoms with Gasteiger partial charge in [0.2, 0.25) is 5.91 Å². The van der Waals surface area contributed by atoms with Crippen molar-refractivity contribution in [1.82, 2.24) is 0 Å². The summed E-state index contributed by atoms with van der Waals surface area (Å²) < 4.78 is 0. The molecule has 2 aromatic carbocycles. The standard InChI is InChI=1S/C19H19N3O/c1-13-10-18(21-16-6-4-3-5-7-16)17-9-8-15(12-20)11-19(17)22(13)14(2)23/h3-9,11,13,18,21H,10H2,1-2H3. The van der Waals surface area contributed by atoms with Crippen LogP contribution in [0.2, 0.25) is 0 Å². The second-order valence-corrected chi connectivity index (χ2v) is 5.92. The summed E-state index contributed by atoms with van der Waals surface area (Å²) in [5.41, 5.74) is 3.52. The minimum Gasteiger partial charge on any atom is -0.378 e. The molecular weight excluding hydrogens is 286 g/mol. The fourth-order valence-corrected chi connectivity index (χ4v) is 3.28. The molecular formula is C19H19N3O. The lowest BCUT2D eigenvalue weighted by molar-refractivity contribution is -0.117. The van der Waals surface area contributed by atoms with E-state index in [0.717, 1.165) is 23.4 Å². The van der Waals surface area contributed by atoms with Crippen LogP contribution in [0.1, 0.15) is 37.4 Å². The average Bonchev–Trinajstić information content (AvgIpc) is 2.54. The van der Waals surface area contributed by atoms with Crippen molar-refractivity contribution < 1.29 is 4.79 Å². The Morgan fingerprint density at radius 2 is 2.00 bits per heavy atom. The van der Waals surface area contributed by atoms with Crippen molar-refractivity contribution in [3.05, 3.63) is 59.7 Å². The zero-order valence-corrected chi connectivity index (χ0v) is 13.3. The number of benzene rings is 2. The molecule has 0 spiro atoms. The maximum Gasteiger partial charge on any atom is 0.224 e. The van der Waals surface area contributed by atoms with Gasteiger partial charge in [0, 0.05) is 18.7 Å². The summed E-state index contributed by atoms with van der Waals surface area (Å²) in [4.78, 5) is 13.9. The largest absolute Gasteiger partial charge is 0.378 e. The first-order valence-electron chi connectivity index (χ1n) is 7.75. The SMILES string of the molecule is CC(=O)N1c2cc(C#N)ccc2C(Nc2ccccc2)CC1C. The average molecular weight is 305 g/mol. The number of nitrogens with zero attached hydrogens (tertiary/aromatic N) is 2. The molecule has 0 saturated heterocycles. The van der Waals surface area contributed by atoms with Gasteiger partial charge in [0.25, 0.3) is 0 Å². The molecule has 3 rings (SSSR count). The second kappa shape index (κ2) is 6.13. The van der Waals surface area contributed by atoms with E-state index in [0.29, 0.717) is 5.56 Å². The van der Waals surface area contributed by atoms with Gasteiger partial charge in [-0.25, -0.2) is 0 Å². The molecule has 2 atom stereocenters. The van der Waals surface area contributed by atoms with Crippen molar-refractivity contribution in [2.24, 2.45) is 0 Å². The fourth-order valence-electron chi connectivity index (χ4n) is 3.28. The Labute approximate surface area is 136 Å². The van der Waals surface area contributed by atoms with E-state index in [-0.39, 0.29) is 18.0 Å². The van der Waals surface area contributed by atoms with Crippen LogP contribution in [-0.4, -0.2) is 11.9 Å². The molecule has 0 aliphatic carbocycles. The molecule has 2 unspecified atom stereocenters. The molecule has 116 valence electrons. The van der Waals surface area contributed by atoms with Gasteiger partial charge in [-0.2, -0.15) is 5.26 Å². The van der Waals surface area contributed by atoms with Crippen LogP contribution in [0.4, 0.5) is 11.4 Å². The molecule has 0 radical (unpaired) electrons. The van der Waals surface area contributed by atoms with Crippen LogP contribution < -0.4 is 10.2 Å². The van der Waals surface area contributed by atoms with Crippen LogP contribution in [0.3, 0.4) is 0 Å². The lowest BCUT2D eigenvalue weighted by Gasteiger charge is -2.39. The van der Waals surface area contributed by atoms with Crippen LogP contribution in [-0.2, 0) is 4.79 Å². The number of rotatable bonds is 2. The predicted molar refractivity (Wildman–Crippen MR) is 91.2 cm³/mol. The lowest BCUT2D eigenvalue weighted by atomic mass is 9.90. The highest BCUT2D eigenvalue weighted by Crippen LogP contribution is 2.39. The first-order valence-corrected chi connectivity index (χ1v) is 7.75. The van der Waals surface area contributed by atoms with Gasteiger partial charge in [0.15, 0.2) is 0 Å². The molecule has 4 heteroatoms. The Morgan fingerprint density at radius 1 is 1.26 bits per heavy atom. The van der Waals surface area contributed by atoms with Gasteiger partial charge >= 0.3 is 0 Å². The van der Waals surface area contributed by atoms with Gasteiger partial charge in [-0.3, -0.25) is 4.79 Å². The summed E-state index contributed by atoms with van der Waals surface area (Å²) in [5, 5.41) is 12.7. The zero-order chi connectivity index (χ0) is 16.4. The van der Waals surface area contributed by atoms with Crippen molar-refractivity contribution in [2.75, 3.05) is 10.2 Å². The maximum atomic E-state index is 12.1. The van der Waals surface area contributed by atoms with Crippen LogP contribution in [0.5, 0.6) is 0 Å². The highest BCUT2D eigenvalue weighted by atomic mass is 16.2. The summed E-state index contributed by atoms with van der Waals surface area (Å²) in [7, 11) is 0. The number of anilines is 2. The van der Waals surface area contributed by atoms with Gasteiger partial charge in [0.05, 0.1) is 23.4 Å². The molecule has 1 amide bonds. The Bertz CT molecular complexity index is 764. The Kier molecular flexibility index (Phi) is 4.03. The number of hydrogen-bond donors (Lipinski definition) is 1. The second-order valence-electron chi connectivity index (χ2n) is 5.92. The van der Waals surface area contributed by atoms with Crippen molar-refractivity contribution in [2.45, 2.75) is 32.4 Å². The summed E-state index contributed by atoms with van der Waals surface area (Å²) >= 11 is 0. The molecule has 0 saturated carbocycles. The van der Waals surface area contributed by atoms with Crippen molar-refractivity contribution in [3.63, 3.8) is 0 Å². The van der Waals surface area contributed by atoms with E-state index in [2.05, 4.69) is 11.4 Å². The number of hydrogen-bond acceptors (Lipinski definition) is 3. The summed E-state index contributed by atoms with van der Waals surface area (Å²) in [5.74, 6) is 0.00648. The summed E-state index contributed by atoms with van der Waals surface area (Å²) in [6, 6.07) is 18.0. The monoisotopic (exact) mass is 305 g/mol. The van der Waals surface area contributed by atoms with Gasteiger partial charge < -0.3 is 10.2 Å². The van der Waals surface area contributed by atoms with Crippen LogP contribution in [0.15, 0.2) is 48.5 Å². The third-order valence-corrected chi connectivity index (χ3v) is 4.27. The fraction of sp³-hybridized carbons (Fsp3) is 0.263. The molecule has 1 aliphatic heterocycles. The maximum absolute atomic E-state index is 12.1. The topological polar surface area (TPSA) is 56.1 Å². The number of carbonyl (C=O) groups excluding carboxylic acids is 1. The number of carbonyl (C=O) groups is 1. The van der Waals surface area contributed by atoms with E-state index in [4.69, 9.17) is 5.26 Å². The summed E-state index contributed by atoms with van der Waals surface area (Å²) in [6.45, 7) is 3.62. The van der Waals surface area contributed by atoms with E-state index in [9.17, 15) is 4.79 Å². The van der Waals surface area contributed by atoms with Crippen molar-refractivity contribution >= 4 is 17.3 Å². The Balaban J connectivity index is 2.03. The number of amides is 1. The molecule has 0 aromatic heterocycles. The normalized spacial score (nSPS) is 19.6. The number of nitriles is 1. The van der Waals surface area contributed by atoms with Crippen molar-refractivity contribution in [1.29, 1.82) is 5.26 Å². The third-order valence-electron chi connectivity index (χ3n) is 4.27. The van der Waals surface area contributed by atoms with E-state index >= 15 is 0 Å². The lowest BCUT2D eigenvalue weighted by Crippen LogP contribution is -2.43. The predicted octanol–water partition coefficient (Wildman–Crippen LogP) is 3.86. The number of fused-ring (bicyclic) bond motifs is 1. The van der Waals surface area contributed by atoms with Crippen LogP contribution >= 0.6 is 0 Å². The molecule has 0 bridgehead atoms. The minimum absolute atomic E-state index is 0.00648. The number of para-hydroxylation sites is 1. The summed E-state index contributed by atoms with van der Waals surface area (Å²) in [6.07, 6.45) is 0.827. The van der Waals surface area contributed by atoms with Crippen LogP contribution in [0, 0.1) is 11.3 Å². The zero-order valence-electron chi connectivity index (χ0n) is 13.3. The molecule has 0 fully saturated rings. The first-order chi connectivity index (χ1) is 11.1. The molecule has 4 nitrogen and oxygen atoms in total. The minimum atomic E-state index is 0.00648. The van der Waals surface area contributed by atoms with Gasteiger partial charge in [0.1, 0.15) is 0 Å². The highest BCUT2D eigenvalue weighted by molar-refractivity contribution is 5.94. The van der Waals surface area contributed by atoms with Crippen LogP contribution in [0.25, 0.3) is 0 Å². The van der Waals surface area contributed by atoms with E-state index in [1.807, 2.05) is 55.5 Å². The van der Waals surface area contributed by atoms with E-state index in [1.54, 1.807) is 11.8 Å². The first kappa shape index (κ1) is 15.1. The third kappa shape index (κ3) is 2.91. The van der Waals surface area contributed by atoms with Gasteiger partial charge in [-0.15, -0.1) is 0 Å². The number of nitrogens with one attached hydrogen (secondary N) is 1. The van der Waals surface area contributed by atoms with E-state index < -0.39 is 0 Å². The quantitative estimate of drug-likeness (QED) is 0.916. The molecule has 1 aliphatic rings.